The first-order valence-corrected chi connectivity index (χ1v) is 5.98. The zero-order valence-corrected chi connectivity index (χ0v) is 9.62. The van der Waals surface area contributed by atoms with E-state index in [0.717, 1.165) is 34.3 Å². The molecule has 4 rings (SSSR count). The molecule has 2 aliphatic rings. The molecule has 5 heteroatoms. The summed E-state index contributed by atoms with van der Waals surface area (Å²) < 4.78 is 1.98. The molecular weight excluding hydrogens is 230 g/mol. The van der Waals surface area contributed by atoms with E-state index in [9.17, 15) is 9.59 Å². The van der Waals surface area contributed by atoms with Crippen molar-refractivity contribution in [2.24, 2.45) is 0 Å². The van der Waals surface area contributed by atoms with Gasteiger partial charge in [0, 0.05) is 24.0 Å². The summed E-state index contributed by atoms with van der Waals surface area (Å²) in [5.41, 5.74) is 3.48. The van der Waals surface area contributed by atoms with E-state index in [4.69, 9.17) is 0 Å². The van der Waals surface area contributed by atoms with Crippen molar-refractivity contribution in [2.45, 2.75) is 13.0 Å². The van der Waals surface area contributed by atoms with E-state index in [0.29, 0.717) is 13.1 Å². The maximum absolute atomic E-state index is 12.0. The van der Waals surface area contributed by atoms with Gasteiger partial charge in [-0.15, -0.1) is 0 Å². The van der Waals surface area contributed by atoms with E-state index < -0.39 is 0 Å². The molecule has 2 N–H and O–H groups in total. The molecule has 90 valence electrons. The first kappa shape index (κ1) is 9.70. The topological polar surface area (TPSA) is 63.1 Å². The summed E-state index contributed by atoms with van der Waals surface area (Å²) in [4.78, 5) is 23.7. The highest BCUT2D eigenvalue weighted by atomic mass is 16.2. The smallest absolute Gasteiger partial charge is 0.253 e. The number of carbonyl (C=O) groups excluding carboxylic acids is 2. The molecule has 0 saturated heterocycles. The molecule has 0 fully saturated rings. The average Bonchev–Trinajstić information content (AvgIpc) is 2.67. The van der Waals surface area contributed by atoms with Crippen LogP contribution in [0.3, 0.4) is 0 Å². The van der Waals surface area contributed by atoms with Crippen LogP contribution in [0.2, 0.25) is 0 Å². The van der Waals surface area contributed by atoms with Gasteiger partial charge in [-0.3, -0.25) is 9.59 Å². The van der Waals surface area contributed by atoms with Gasteiger partial charge in [-0.25, -0.2) is 0 Å². The molecule has 2 aliphatic heterocycles. The van der Waals surface area contributed by atoms with Crippen LogP contribution in [0.5, 0.6) is 0 Å². The lowest BCUT2D eigenvalue weighted by molar-refractivity contribution is -0.116. The average molecular weight is 241 g/mol. The minimum absolute atomic E-state index is 0.0284. The lowest BCUT2D eigenvalue weighted by Crippen LogP contribution is -2.33. The van der Waals surface area contributed by atoms with E-state index in [-0.39, 0.29) is 11.8 Å². The molecule has 0 spiro atoms. The lowest BCUT2D eigenvalue weighted by Gasteiger charge is -2.19. The minimum Gasteiger partial charge on any atom is -0.352 e. The number of hydrogen-bond acceptors (Lipinski definition) is 2. The van der Waals surface area contributed by atoms with E-state index in [2.05, 4.69) is 10.6 Å². The van der Waals surface area contributed by atoms with Crippen molar-refractivity contribution < 1.29 is 9.59 Å². The Morgan fingerprint density at radius 3 is 3.00 bits per heavy atom. The van der Waals surface area contributed by atoms with Crippen LogP contribution >= 0.6 is 0 Å². The first-order valence-electron chi connectivity index (χ1n) is 5.98. The van der Waals surface area contributed by atoms with E-state index >= 15 is 0 Å². The number of hydrogen-bond donors (Lipinski definition) is 2. The highest BCUT2D eigenvalue weighted by Gasteiger charge is 2.29. The van der Waals surface area contributed by atoms with E-state index in [1.54, 1.807) is 0 Å². The number of amides is 2. The number of aromatic nitrogens is 1. The van der Waals surface area contributed by atoms with Crippen molar-refractivity contribution in [3.05, 3.63) is 29.5 Å². The lowest BCUT2D eigenvalue weighted by atomic mass is 10.1. The summed E-state index contributed by atoms with van der Waals surface area (Å²) >= 11 is 0. The molecule has 5 nitrogen and oxygen atoms in total. The van der Waals surface area contributed by atoms with Crippen LogP contribution in [-0.2, 0) is 17.8 Å². The van der Waals surface area contributed by atoms with Gasteiger partial charge in [-0.2, -0.15) is 0 Å². The number of rotatable bonds is 0. The SMILES string of the molecule is O=C1Cn2c3c(c4cccc(c42)N1)C(=O)NCC3. The van der Waals surface area contributed by atoms with Crippen molar-refractivity contribution in [3.63, 3.8) is 0 Å². The zero-order chi connectivity index (χ0) is 12.3. The van der Waals surface area contributed by atoms with Crippen LogP contribution in [0.4, 0.5) is 5.69 Å². The molecule has 1 aromatic carbocycles. The summed E-state index contributed by atoms with van der Waals surface area (Å²) in [6, 6.07) is 5.69. The van der Waals surface area contributed by atoms with Crippen LogP contribution in [0.25, 0.3) is 10.9 Å². The number of fused-ring (bicyclic) bond motifs is 3. The summed E-state index contributed by atoms with van der Waals surface area (Å²) in [6.45, 7) is 0.940. The molecule has 0 bridgehead atoms. The van der Waals surface area contributed by atoms with Crippen LogP contribution in [-0.4, -0.2) is 22.9 Å². The fourth-order valence-corrected chi connectivity index (χ4v) is 2.97. The monoisotopic (exact) mass is 241 g/mol. The molecule has 2 aromatic rings. The summed E-state index contributed by atoms with van der Waals surface area (Å²) in [5, 5.41) is 6.65. The Bertz CT molecular complexity index is 715. The quantitative estimate of drug-likeness (QED) is 0.719. The highest BCUT2D eigenvalue weighted by molar-refractivity contribution is 6.14. The number of benzene rings is 1. The predicted octanol–water partition coefficient (Wildman–Crippen LogP) is 0.879. The molecule has 18 heavy (non-hydrogen) atoms. The molecule has 2 amide bonds. The first-order chi connectivity index (χ1) is 8.75. The number of para-hydroxylation sites is 1. The van der Waals surface area contributed by atoms with Crippen LogP contribution in [0.1, 0.15) is 16.1 Å². The Labute approximate surface area is 103 Å². The van der Waals surface area contributed by atoms with Gasteiger partial charge in [0.05, 0.1) is 16.8 Å². The van der Waals surface area contributed by atoms with Crippen LogP contribution < -0.4 is 10.6 Å². The van der Waals surface area contributed by atoms with Gasteiger partial charge in [0.2, 0.25) is 5.91 Å². The van der Waals surface area contributed by atoms with Crippen molar-refractivity contribution in [1.29, 1.82) is 0 Å². The van der Waals surface area contributed by atoms with Gasteiger partial charge in [0.25, 0.3) is 5.91 Å². The molecule has 0 unspecified atom stereocenters. The number of anilines is 1. The molecule has 0 radical (unpaired) electrons. The van der Waals surface area contributed by atoms with Gasteiger partial charge in [0.15, 0.2) is 0 Å². The Morgan fingerprint density at radius 1 is 1.22 bits per heavy atom. The fraction of sp³-hybridized carbons (Fsp3) is 0.231. The predicted molar refractivity (Wildman–Crippen MR) is 66.6 cm³/mol. The maximum Gasteiger partial charge on any atom is 0.253 e. The van der Waals surface area contributed by atoms with E-state index in [1.807, 2.05) is 22.8 Å². The molecular formula is C13H11N3O2. The van der Waals surface area contributed by atoms with Crippen molar-refractivity contribution in [2.75, 3.05) is 11.9 Å². The van der Waals surface area contributed by atoms with E-state index in [1.165, 1.54) is 0 Å². The standard InChI is InChI=1S/C13H11N3O2/c17-10-6-16-9-4-5-14-13(18)11(9)7-2-1-3-8(15-10)12(7)16/h1-3H,4-6H2,(H,14,18)(H,15,17). The van der Waals surface area contributed by atoms with Crippen molar-refractivity contribution in [3.8, 4) is 0 Å². The minimum atomic E-state index is -0.0356. The third kappa shape index (κ3) is 1.06. The van der Waals surface area contributed by atoms with Gasteiger partial charge in [-0.1, -0.05) is 12.1 Å². The largest absolute Gasteiger partial charge is 0.352 e. The normalized spacial score (nSPS) is 17.3. The Hall–Kier alpha value is -2.30. The van der Waals surface area contributed by atoms with Gasteiger partial charge >= 0.3 is 0 Å². The van der Waals surface area contributed by atoms with Gasteiger partial charge < -0.3 is 15.2 Å². The second kappa shape index (κ2) is 3.13. The Morgan fingerprint density at radius 2 is 2.11 bits per heavy atom. The third-order valence-electron chi connectivity index (χ3n) is 3.64. The summed E-state index contributed by atoms with van der Waals surface area (Å²) in [7, 11) is 0. The Balaban J connectivity index is 2.18. The molecule has 3 heterocycles. The molecule has 0 aliphatic carbocycles. The molecule has 1 aromatic heterocycles. The fourth-order valence-electron chi connectivity index (χ4n) is 2.97. The third-order valence-corrected chi connectivity index (χ3v) is 3.64. The Kier molecular flexibility index (Phi) is 1.69. The summed E-state index contributed by atoms with van der Waals surface area (Å²) in [5.74, 6) is -0.0640. The van der Waals surface area contributed by atoms with Crippen molar-refractivity contribution >= 4 is 28.4 Å². The summed E-state index contributed by atoms with van der Waals surface area (Å²) in [6.07, 6.45) is 0.780. The zero-order valence-electron chi connectivity index (χ0n) is 9.62. The number of nitrogens with one attached hydrogen (secondary N) is 2. The highest BCUT2D eigenvalue weighted by Crippen LogP contribution is 2.35. The second-order valence-electron chi connectivity index (χ2n) is 4.66. The number of nitrogens with zero attached hydrogens (tertiary/aromatic N) is 1. The van der Waals surface area contributed by atoms with Crippen molar-refractivity contribution in [1.82, 2.24) is 9.88 Å². The number of carbonyl (C=O) groups is 2. The molecule has 0 saturated carbocycles. The molecule has 0 atom stereocenters. The van der Waals surface area contributed by atoms with Crippen LogP contribution in [0.15, 0.2) is 18.2 Å². The van der Waals surface area contributed by atoms with Crippen LogP contribution in [0, 0.1) is 0 Å². The van der Waals surface area contributed by atoms with Gasteiger partial charge in [0.1, 0.15) is 6.54 Å². The maximum atomic E-state index is 12.0. The van der Waals surface area contributed by atoms with Gasteiger partial charge in [-0.05, 0) is 6.07 Å². The second-order valence-corrected chi connectivity index (χ2v) is 4.66.